The number of ether oxygens (including phenoxy) is 2. The van der Waals surface area contributed by atoms with E-state index in [4.69, 9.17) is 10.8 Å². The molecule has 0 radical (unpaired) electrons. The molecule has 1 rings (SSSR count). The molecule has 0 spiro atoms. The van der Waals surface area contributed by atoms with E-state index in [0.29, 0.717) is 11.1 Å². The number of benzene rings is 1. The molecule has 7 nitrogen and oxygen atoms in total. The molecule has 0 saturated heterocycles. The van der Waals surface area contributed by atoms with Crippen LogP contribution in [0.15, 0.2) is 18.2 Å². The van der Waals surface area contributed by atoms with Crippen molar-refractivity contribution in [3.05, 3.63) is 34.9 Å². The van der Waals surface area contributed by atoms with Crippen molar-refractivity contribution < 1.29 is 29.0 Å². The maximum Gasteiger partial charge on any atom is 0.337 e. The fraction of sp³-hybridized carbons (Fsp3) is 0.526. The van der Waals surface area contributed by atoms with Crippen LogP contribution in [0, 0.1) is 5.92 Å². The Morgan fingerprint density at radius 1 is 0.962 bits per heavy atom. The van der Waals surface area contributed by atoms with Gasteiger partial charge in [0.2, 0.25) is 0 Å². The van der Waals surface area contributed by atoms with Gasteiger partial charge in [-0.2, -0.15) is 0 Å². The summed E-state index contributed by atoms with van der Waals surface area (Å²) < 4.78 is 9.36. The van der Waals surface area contributed by atoms with Crippen molar-refractivity contribution >= 4 is 17.9 Å². The van der Waals surface area contributed by atoms with Crippen LogP contribution in [0.25, 0.3) is 0 Å². The van der Waals surface area contributed by atoms with Gasteiger partial charge in [-0.25, -0.2) is 9.59 Å². The summed E-state index contributed by atoms with van der Waals surface area (Å²) in [6.07, 6.45) is 0. The molecule has 0 aromatic heterocycles. The minimum Gasteiger partial charge on any atom is -0.480 e. The Hall–Kier alpha value is -2.41. The topological polar surface area (TPSA) is 116 Å². The fourth-order valence-corrected chi connectivity index (χ4v) is 1.82. The normalized spacial score (nSPS) is 11.9. The van der Waals surface area contributed by atoms with Crippen molar-refractivity contribution in [2.45, 2.75) is 46.1 Å². The molecule has 1 atom stereocenters. The first-order valence-electron chi connectivity index (χ1n) is 8.15. The summed E-state index contributed by atoms with van der Waals surface area (Å²) in [5.74, 6) is -1.84. The summed E-state index contributed by atoms with van der Waals surface area (Å²) in [6, 6.07) is 4.23. The summed E-state index contributed by atoms with van der Waals surface area (Å²) in [5, 5.41) is 8.23. The van der Waals surface area contributed by atoms with Gasteiger partial charge in [-0.15, -0.1) is 0 Å². The molecule has 0 aliphatic rings. The van der Waals surface area contributed by atoms with Crippen LogP contribution in [-0.2, 0) is 19.7 Å². The predicted octanol–water partition coefficient (Wildman–Crippen LogP) is 2.61. The Bertz CT molecular complexity index is 612. The molecule has 0 heterocycles. The average Bonchev–Trinajstić information content (AvgIpc) is 2.58. The number of hydrogen-bond acceptors (Lipinski definition) is 6. The van der Waals surface area contributed by atoms with Gasteiger partial charge in [0.15, 0.2) is 0 Å². The van der Waals surface area contributed by atoms with E-state index < -0.39 is 23.9 Å². The molecule has 1 aromatic rings. The van der Waals surface area contributed by atoms with Gasteiger partial charge in [0.1, 0.15) is 6.04 Å². The number of carboxylic acids is 1. The second kappa shape index (κ2) is 9.91. The first-order chi connectivity index (χ1) is 11.8. The van der Waals surface area contributed by atoms with Crippen LogP contribution in [0.2, 0.25) is 0 Å². The summed E-state index contributed by atoms with van der Waals surface area (Å²) in [5.41, 5.74) is 6.57. The molecule has 0 aliphatic heterocycles. The molecule has 0 amide bonds. The minimum absolute atomic E-state index is 0.0208. The van der Waals surface area contributed by atoms with Gasteiger partial charge >= 0.3 is 17.9 Å². The Morgan fingerprint density at radius 3 is 1.54 bits per heavy atom. The minimum atomic E-state index is -0.931. The number of carbonyl (C=O) groups excluding carboxylic acids is 2. The van der Waals surface area contributed by atoms with Crippen LogP contribution >= 0.6 is 0 Å². The molecule has 0 aliphatic carbocycles. The van der Waals surface area contributed by atoms with Crippen LogP contribution in [0.3, 0.4) is 0 Å². The number of rotatable bonds is 4. The highest BCUT2D eigenvalue weighted by molar-refractivity contribution is 5.95. The van der Waals surface area contributed by atoms with E-state index in [2.05, 4.69) is 9.47 Å². The quantitative estimate of drug-likeness (QED) is 0.786. The van der Waals surface area contributed by atoms with Gasteiger partial charge in [0.25, 0.3) is 0 Å². The van der Waals surface area contributed by atoms with Crippen molar-refractivity contribution in [1.82, 2.24) is 0 Å². The van der Waals surface area contributed by atoms with Crippen LogP contribution in [0.4, 0.5) is 0 Å². The van der Waals surface area contributed by atoms with E-state index in [-0.39, 0.29) is 11.3 Å². The van der Waals surface area contributed by atoms with Crippen molar-refractivity contribution in [2.24, 2.45) is 11.7 Å². The highest BCUT2D eigenvalue weighted by Crippen LogP contribution is 2.25. The lowest BCUT2D eigenvalue weighted by Crippen LogP contribution is -2.34. The number of nitrogens with two attached hydrogens (primary N) is 1. The van der Waals surface area contributed by atoms with Gasteiger partial charge < -0.3 is 20.3 Å². The maximum atomic E-state index is 11.6. The monoisotopic (exact) mass is 367 g/mol. The number of hydrogen-bond donors (Lipinski definition) is 2. The first-order valence-corrected chi connectivity index (χ1v) is 8.15. The third-order valence-electron chi connectivity index (χ3n) is 3.64. The average molecular weight is 367 g/mol. The summed E-state index contributed by atoms with van der Waals surface area (Å²) in [7, 11) is 2.62. The van der Waals surface area contributed by atoms with Crippen molar-refractivity contribution in [3.63, 3.8) is 0 Å². The lowest BCUT2D eigenvalue weighted by atomic mass is 9.85. The largest absolute Gasteiger partial charge is 0.480 e. The zero-order valence-corrected chi connectivity index (χ0v) is 16.5. The van der Waals surface area contributed by atoms with Gasteiger partial charge in [-0.3, -0.25) is 4.79 Å². The predicted molar refractivity (Wildman–Crippen MR) is 98.3 cm³/mol. The van der Waals surface area contributed by atoms with E-state index in [1.807, 2.05) is 20.8 Å². The molecule has 26 heavy (non-hydrogen) atoms. The SMILES string of the molecule is CC(C)[C@H](N)C(=O)O.COC(=O)c1cc(C(=O)OC)cc(C(C)(C)C)c1. The van der Waals surface area contributed by atoms with Crippen LogP contribution in [-0.4, -0.2) is 43.3 Å². The summed E-state index contributed by atoms with van der Waals surface area (Å²) >= 11 is 0. The van der Waals surface area contributed by atoms with Gasteiger partial charge in [-0.1, -0.05) is 34.6 Å². The Labute approximate surface area is 154 Å². The number of aliphatic carboxylic acids is 1. The highest BCUT2D eigenvalue weighted by atomic mass is 16.5. The lowest BCUT2D eigenvalue weighted by molar-refractivity contribution is -0.139. The third-order valence-corrected chi connectivity index (χ3v) is 3.64. The van der Waals surface area contributed by atoms with Crippen LogP contribution in [0.1, 0.15) is 60.9 Å². The number of carbonyl (C=O) groups is 3. The van der Waals surface area contributed by atoms with E-state index in [0.717, 1.165) is 5.56 Å². The second-order valence-electron chi connectivity index (χ2n) is 7.14. The fourth-order valence-electron chi connectivity index (χ4n) is 1.82. The van der Waals surface area contributed by atoms with Crippen molar-refractivity contribution in [1.29, 1.82) is 0 Å². The molecule has 3 N–H and O–H groups in total. The molecular weight excluding hydrogens is 338 g/mol. The zero-order chi connectivity index (χ0) is 20.7. The van der Waals surface area contributed by atoms with Gasteiger partial charge in [0, 0.05) is 0 Å². The molecule has 0 saturated carbocycles. The molecule has 146 valence electrons. The van der Waals surface area contributed by atoms with E-state index in [9.17, 15) is 14.4 Å². The van der Waals surface area contributed by atoms with Crippen molar-refractivity contribution in [3.8, 4) is 0 Å². The van der Waals surface area contributed by atoms with Crippen LogP contribution < -0.4 is 5.73 Å². The van der Waals surface area contributed by atoms with Gasteiger partial charge in [0.05, 0.1) is 25.3 Å². The van der Waals surface area contributed by atoms with Crippen molar-refractivity contribution in [2.75, 3.05) is 14.2 Å². The number of carboxylic acid groups (broad SMARTS) is 1. The lowest BCUT2D eigenvalue weighted by Gasteiger charge is -2.20. The van der Waals surface area contributed by atoms with E-state index >= 15 is 0 Å². The molecule has 7 heteroatoms. The first kappa shape index (κ1) is 23.6. The molecule has 0 unspecified atom stereocenters. The number of esters is 2. The molecular formula is C19H29NO6. The van der Waals surface area contributed by atoms with E-state index in [1.54, 1.807) is 26.0 Å². The van der Waals surface area contributed by atoms with E-state index in [1.165, 1.54) is 20.3 Å². The summed E-state index contributed by atoms with van der Waals surface area (Å²) in [6.45, 7) is 9.57. The van der Waals surface area contributed by atoms with Crippen LogP contribution in [0.5, 0.6) is 0 Å². The number of methoxy groups -OCH3 is 2. The highest BCUT2D eigenvalue weighted by Gasteiger charge is 2.20. The Balaban J connectivity index is 0.000000660. The summed E-state index contributed by atoms with van der Waals surface area (Å²) in [4.78, 5) is 33.2. The third kappa shape index (κ3) is 7.23. The zero-order valence-electron chi connectivity index (χ0n) is 16.5. The molecule has 1 aromatic carbocycles. The molecule has 0 bridgehead atoms. The second-order valence-corrected chi connectivity index (χ2v) is 7.14. The van der Waals surface area contributed by atoms with Gasteiger partial charge in [-0.05, 0) is 35.1 Å². The maximum absolute atomic E-state index is 11.6. The Morgan fingerprint density at radius 2 is 1.35 bits per heavy atom. The Kier molecular flexibility index (Phi) is 9.00. The molecule has 0 fully saturated rings. The standard InChI is InChI=1S/C14H18O4.C5H11NO2/c1-14(2,3)11-7-9(12(15)17-4)6-10(8-11)13(16)18-5;1-3(2)4(6)5(7)8/h6-8H,1-5H3;3-4H,6H2,1-2H3,(H,7,8)/t;4-/m.0/s1. The smallest absolute Gasteiger partial charge is 0.337 e.